The van der Waals surface area contributed by atoms with Crippen molar-refractivity contribution < 1.29 is 14.7 Å². The number of aromatic nitrogens is 3. The second-order valence-electron chi connectivity index (χ2n) is 3.11. The molecule has 0 aliphatic heterocycles. The summed E-state index contributed by atoms with van der Waals surface area (Å²) in [5.41, 5.74) is 0. The number of amides is 2. The maximum absolute atomic E-state index is 11.0. The molecule has 88 valence electrons. The lowest BCUT2D eigenvalue weighted by molar-refractivity contribution is -0.135. The zero-order valence-electron chi connectivity index (χ0n) is 8.80. The molecule has 0 aromatic carbocycles. The normalized spacial score (nSPS) is 9.81. The summed E-state index contributed by atoms with van der Waals surface area (Å²) in [6.07, 6.45) is 2.11. The van der Waals surface area contributed by atoms with E-state index in [-0.39, 0.29) is 0 Å². The minimum absolute atomic E-state index is 0.373. The van der Waals surface area contributed by atoms with Crippen LogP contribution >= 0.6 is 0 Å². The first-order valence-corrected chi connectivity index (χ1v) is 4.66. The van der Waals surface area contributed by atoms with Gasteiger partial charge in [0, 0.05) is 20.0 Å². The number of aliphatic carboxylic acids is 1. The van der Waals surface area contributed by atoms with Crippen molar-refractivity contribution in [2.45, 2.75) is 6.42 Å². The third kappa shape index (κ3) is 3.95. The van der Waals surface area contributed by atoms with Crippen molar-refractivity contribution in [3.8, 4) is 0 Å². The van der Waals surface area contributed by atoms with E-state index in [9.17, 15) is 9.59 Å². The minimum Gasteiger partial charge on any atom is -0.480 e. The Hall–Kier alpha value is -2.12. The van der Waals surface area contributed by atoms with Gasteiger partial charge in [-0.3, -0.25) is 4.79 Å². The number of rotatable bonds is 5. The molecule has 0 bridgehead atoms. The second kappa shape index (κ2) is 5.69. The van der Waals surface area contributed by atoms with Crippen LogP contribution in [0.15, 0.2) is 6.33 Å². The van der Waals surface area contributed by atoms with Crippen LogP contribution in [0, 0.1) is 0 Å². The standard InChI is InChI=1S/C8H13N5O3/c1-13-5-11-12-6(13)2-3-9-8(16)10-4-7(14)15/h5H,2-4H2,1H3,(H,14,15)(H2,9,10,16). The van der Waals surface area contributed by atoms with Crippen molar-refractivity contribution in [1.82, 2.24) is 25.4 Å². The quantitative estimate of drug-likeness (QED) is 0.581. The fourth-order valence-corrected chi connectivity index (χ4v) is 1.04. The molecule has 0 spiro atoms. The van der Waals surface area contributed by atoms with Crippen LogP contribution in [-0.2, 0) is 18.3 Å². The van der Waals surface area contributed by atoms with Gasteiger partial charge in [0.1, 0.15) is 18.7 Å². The van der Waals surface area contributed by atoms with Crippen LogP contribution in [0.2, 0.25) is 0 Å². The Morgan fingerprint density at radius 1 is 1.50 bits per heavy atom. The van der Waals surface area contributed by atoms with E-state index in [1.54, 1.807) is 17.9 Å². The molecule has 16 heavy (non-hydrogen) atoms. The van der Waals surface area contributed by atoms with Gasteiger partial charge >= 0.3 is 12.0 Å². The summed E-state index contributed by atoms with van der Waals surface area (Å²) in [7, 11) is 1.81. The number of carbonyl (C=O) groups is 2. The van der Waals surface area contributed by atoms with Crippen molar-refractivity contribution in [2.24, 2.45) is 7.05 Å². The lowest BCUT2D eigenvalue weighted by atomic mass is 10.4. The molecule has 8 heteroatoms. The van der Waals surface area contributed by atoms with Crippen molar-refractivity contribution in [2.75, 3.05) is 13.1 Å². The van der Waals surface area contributed by atoms with Crippen LogP contribution in [0.5, 0.6) is 0 Å². The number of nitrogens with zero attached hydrogens (tertiary/aromatic N) is 3. The minimum atomic E-state index is -1.08. The zero-order chi connectivity index (χ0) is 12.0. The molecular weight excluding hydrogens is 214 g/mol. The number of hydrogen-bond donors (Lipinski definition) is 3. The smallest absolute Gasteiger partial charge is 0.323 e. The summed E-state index contributed by atoms with van der Waals surface area (Å²) >= 11 is 0. The summed E-state index contributed by atoms with van der Waals surface area (Å²) in [5, 5.41) is 20.5. The lowest BCUT2D eigenvalue weighted by Crippen LogP contribution is -2.39. The van der Waals surface area contributed by atoms with Crippen LogP contribution in [0.3, 0.4) is 0 Å². The highest BCUT2D eigenvalue weighted by molar-refractivity contribution is 5.79. The molecule has 1 aromatic rings. The van der Waals surface area contributed by atoms with Gasteiger partial charge in [0.25, 0.3) is 0 Å². The molecule has 2 amide bonds. The molecule has 3 N–H and O–H groups in total. The van der Waals surface area contributed by atoms with Gasteiger partial charge in [-0.25, -0.2) is 4.79 Å². The van der Waals surface area contributed by atoms with Gasteiger partial charge in [0.15, 0.2) is 0 Å². The highest BCUT2D eigenvalue weighted by Gasteiger charge is 2.04. The first-order valence-electron chi connectivity index (χ1n) is 4.66. The van der Waals surface area contributed by atoms with E-state index >= 15 is 0 Å². The maximum atomic E-state index is 11.0. The van der Waals surface area contributed by atoms with Crippen molar-refractivity contribution in [1.29, 1.82) is 0 Å². The first kappa shape index (κ1) is 12.0. The van der Waals surface area contributed by atoms with Gasteiger partial charge in [0.05, 0.1) is 0 Å². The van der Waals surface area contributed by atoms with Crippen molar-refractivity contribution in [3.63, 3.8) is 0 Å². The fraction of sp³-hybridized carbons (Fsp3) is 0.500. The second-order valence-corrected chi connectivity index (χ2v) is 3.11. The topological polar surface area (TPSA) is 109 Å². The zero-order valence-corrected chi connectivity index (χ0v) is 8.80. The van der Waals surface area contributed by atoms with Crippen LogP contribution in [-0.4, -0.2) is 45.0 Å². The summed E-state index contributed by atoms with van der Waals surface area (Å²) in [6, 6.07) is -0.510. The molecule has 0 saturated carbocycles. The van der Waals surface area contributed by atoms with Crippen LogP contribution in [0.4, 0.5) is 4.79 Å². The van der Waals surface area contributed by atoms with Crippen molar-refractivity contribution in [3.05, 3.63) is 12.2 Å². The summed E-state index contributed by atoms with van der Waals surface area (Å²) in [6.45, 7) is -0.0201. The van der Waals surface area contributed by atoms with Gasteiger partial charge in [0.2, 0.25) is 0 Å². The molecule has 0 atom stereocenters. The maximum Gasteiger partial charge on any atom is 0.323 e. The number of nitrogens with one attached hydrogen (secondary N) is 2. The molecular formula is C8H13N5O3. The molecule has 0 aliphatic rings. The highest BCUT2D eigenvalue weighted by Crippen LogP contribution is 1.90. The van der Waals surface area contributed by atoms with E-state index in [1.807, 2.05) is 0 Å². The molecule has 0 radical (unpaired) electrons. The average molecular weight is 227 g/mol. The van der Waals surface area contributed by atoms with E-state index < -0.39 is 18.5 Å². The molecule has 1 rings (SSSR count). The van der Waals surface area contributed by atoms with E-state index in [4.69, 9.17) is 5.11 Å². The Morgan fingerprint density at radius 2 is 2.25 bits per heavy atom. The number of urea groups is 1. The van der Waals surface area contributed by atoms with E-state index in [1.165, 1.54) is 0 Å². The first-order chi connectivity index (χ1) is 7.59. The number of hydrogen-bond acceptors (Lipinski definition) is 4. The number of carboxylic acid groups (broad SMARTS) is 1. The summed E-state index contributed by atoms with van der Waals surface area (Å²) in [4.78, 5) is 21.2. The number of carboxylic acids is 1. The molecule has 8 nitrogen and oxygen atoms in total. The monoisotopic (exact) mass is 227 g/mol. The van der Waals surface area contributed by atoms with Crippen LogP contribution in [0.25, 0.3) is 0 Å². The fourth-order valence-electron chi connectivity index (χ4n) is 1.04. The van der Waals surface area contributed by atoms with Gasteiger partial charge in [-0.1, -0.05) is 0 Å². The SMILES string of the molecule is Cn1cnnc1CCNC(=O)NCC(=O)O. The molecule has 0 unspecified atom stereocenters. The third-order valence-corrected chi connectivity index (χ3v) is 1.84. The van der Waals surface area contributed by atoms with Crippen LogP contribution < -0.4 is 10.6 Å². The molecule has 0 fully saturated rings. The molecule has 1 heterocycles. The highest BCUT2D eigenvalue weighted by atomic mass is 16.4. The lowest BCUT2D eigenvalue weighted by Gasteiger charge is -2.05. The van der Waals surface area contributed by atoms with Gasteiger partial charge in [-0.2, -0.15) is 0 Å². The Labute approximate surface area is 91.7 Å². The van der Waals surface area contributed by atoms with Gasteiger partial charge in [-0.15, -0.1) is 10.2 Å². The van der Waals surface area contributed by atoms with Crippen LogP contribution in [0.1, 0.15) is 5.82 Å². The van der Waals surface area contributed by atoms with Crippen molar-refractivity contribution >= 4 is 12.0 Å². The molecule has 0 saturated heterocycles. The Balaban J connectivity index is 2.18. The average Bonchev–Trinajstić information content (AvgIpc) is 2.61. The van der Waals surface area contributed by atoms with E-state index in [0.717, 1.165) is 5.82 Å². The van der Waals surface area contributed by atoms with E-state index in [0.29, 0.717) is 13.0 Å². The molecule has 0 aliphatic carbocycles. The predicted molar refractivity (Wildman–Crippen MR) is 53.7 cm³/mol. The summed E-state index contributed by atoms with van der Waals surface area (Å²) in [5.74, 6) is -0.331. The largest absolute Gasteiger partial charge is 0.480 e. The summed E-state index contributed by atoms with van der Waals surface area (Å²) < 4.78 is 1.75. The van der Waals surface area contributed by atoms with Gasteiger partial charge in [-0.05, 0) is 0 Å². The third-order valence-electron chi connectivity index (χ3n) is 1.84. The predicted octanol–water partition coefficient (Wildman–Crippen LogP) is -1.26. The van der Waals surface area contributed by atoms with Gasteiger partial charge < -0.3 is 20.3 Å². The molecule has 1 aromatic heterocycles. The Bertz CT molecular complexity index is 376. The van der Waals surface area contributed by atoms with E-state index in [2.05, 4.69) is 20.8 Å². The Morgan fingerprint density at radius 3 is 2.81 bits per heavy atom. The number of carbonyl (C=O) groups excluding carboxylic acids is 1. The Kier molecular flexibility index (Phi) is 4.25. The number of aryl methyl sites for hydroxylation is 1.